The minimum Gasteiger partial charge on any atom is -0.485 e. The van der Waals surface area contributed by atoms with E-state index in [1.807, 2.05) is 35.7 Å². The largest absolute Gasteiger partial charge is 0.485 e. The Balaban J connectivity index is 1.47. The monoisotopic (exact) mass is 286 g/mol. The number of nitrogens with zero attached hydrogens (tertiary/aromatic N) is 2. The second-order valence-electron chi connectivity index (χ2n) is 4.52. The third-order valence-electron chi connectivity index (χ3n) is 3.03. The lowest BCUT2D eigenvalue weighted by Crippen LogP contribution is -2.55. The molecule has 0 atom stereocenters. The smallest absolute Gasteiger partial charge is 0.246 e. The van der Waals surface area contributed by atoms with Crippen molar-refractivity contribution >= 4 is 23.3 Å². The zero-order valence-corrected chi connectivity index (χ0v) is 11.6. The minimum absolute atomic E-state index is 0.0319. The number of aromatic nitrogens is 1. The van der Waals surface area contributed by atoms with E-state index in [0.29, 0.717) is 13.1 Å². The van der Waals surface area contributed by atoms with Crippen molar-refractivity contribution in [3.63, 3.8) is 0 Å². The summed E-state index contributed by atoms with van der Waals surface area (Å²) >= 11 is 1.62. The molecule has 0 radical (unpaired) electrons. The zero-order valence-electron chi connectivity index (χ0n) is 10.8. The maximum Gasteiger partial charge on any atom is 0.246 e. The van der Waals surface area contributed by atoms with Crippen molar-refractivity contribution in [2.45, 2.75) is 6.10 Å². The van der Waals surface area contributed by atoms with Crippen LogP contribution in [0.5, 0.6) is 5.75 Å². The van der Waals surface area contributed by atoms with Crippen molar-refractivity contribution < 1.29 is 9.53 Å². The van der Waals surface area contributed by atoms with Crippen LogP contribution in [-0.2, 0) is 4.79 Å². The van der Waals surface area contributed by atoms with Crippen LogP contribution in [0.2, 0.25) is 0 Å². The molecule has 5 heteroatoms. The number of ether oxygens (including phenoxy) is 1. The summed E-state index contributed by atoms with van der Waals surface area (Å²) in [4.78, 5) is 18.7. The molecule has 2 aromatic rings. The average Bonchev–Trinajstić information content (AvgIpc) is 2.94. The molecule has 3 rings (SSSR count). The summed E-state index contributed by atoms with van der Waals surface area (Å²) in [6, 6.07) is 7.66. The van der Waals surface area contributed by atoms with Gasteiger partial charge < -0.3 is 9.64 Å². The number of carbonyl (C=O) groups excluding carboxylic acids is 1. The number of thiophene rings is 1. The van der Waals surface area contributed by atoms with Crippen LogP contribution in [-0.4, -0.2) is 35.0 Å². The molecular weight excluding hydrogens is 272 g/mol. The standard InChI is InChI=1S/C15H14N2O2S/c18-15(6-5-14-4-2-8-20-14)17-10-13(11-17)19-12-3-1-7-16-9-12/h1-9,13H,10-11H2. The molecule has 3 heterocycles. The first-order valence-electron chi connectivity index (χ1n) is 6.38. The van der Waals surface area contributed by atoms with Gasteiger partial charge in [0.1, 0.15) is 11.9 Å². The van der Waals surface area contributed by atoms with Crippen LogP contribution in [0.25, 0.3) is 6.08 Å². The van der Waals surface area contributed by atoms with Crippen molar-refractivity contribution in [1.82, 2.24) is 9.88 Å². The molecule has 102 valence electrons. The van der Waals surface area contributed by atoms with E-state index in [4.69, 9.17) is 4.74 Å². The zero-order chi connectivity index (χ0) is 13.8. The fraction of sp³-hybridized carbons (Fsp3) is 0.200. The Morgan fingerprint density at radius 1 is 1.40 bits per heavy atom. The Labute approximate surface area is 121 Å². The summed E-state index contributed by atoms with van der Waals surface area (Å²) in [6.45, 7) is 1.25. The van der Waals surface area contributed by atoms with E-state index in [0.717, 1.165) is 10.6 Å². The van der Waals surface area contributed by atoms with Crippen LogP contribution in [0.15, 0.2) is 48.1 Å². The fourth-order valence-corrected chi connectivity index (χ4v) is 2.56. The first-order chi connectivity index (χ1) is 9.81. The van der Waals surface area contributed by atoms with E-state index >= 15 is 0 Å². The average molecular weight is 286 g/mol. The highest BCUT2D eigenvalue weighted by Crippen LogP contribution is 2.17. The van der Waals surface area contributed by atoms with Crippen LogP contribution < -0.4 is 4.74 Å². The van der Waals surface area contributed by atoms with Crippen LogP contribution in [0.4, 0.5) is 0 Å². The van der Waals surface area contributed by atoms with Gasteiger partial charge in [0, 0.05) is 17.2 Å². The number of carbonyl (C=O) groups is 1. The van der Waals surface area contributed by atoms with E-state index in [-0.39, 0.29) is 12.0 Å². The lowest BCUT2D eigenvalue weighted by Gasteiger charge is -2.38. The van der Waals surface area contributed by atoms with Crippen molar-refractivity contribution in [2.75, 3.05) is 13.1 Å². The van der Waals surface area contributed by atoms with Crippen molar-refractivity contribution in [1.29, 1.82) is 0 Å². The van der Waals surface area contributed by atoms with Gasteiger partial charge in [0.2, 0.25) is 5.91 Å². The van der Waals surface area contributed by atoms with Gasteiger partial charge in [-0.1, -0.05) is 6.07 Å². The van der Waals surface area contributed by atoms with Gasteiger partial charge in [0.25, 0.3) is 0 Å². The van der Waals surface area contributed by atoms with Crippen LogP contribution >= 0.6 is 11.3 Å². The predicted molar refractivity (Wildman–Crippen MR) is 78.6 cm³/mol. The Hall–Kier alpha value is -2.14. The molecule has 0 unspecified atom stereocenters. The van der Waals surface area contributed by atoms with Gasteiger partial charge in [-0.2, -0.15) is 0 Å². The molecule has 0 spiro atoms. The van der Waals surface area contributed by atoms with E-state index in [9.17, 15) is 4.79 Å². The van der Waals surface area contributed by atoms with Gasteiger partial charge in [-0.05, 0) is 29.7 Å². The first kappa shape index (κ1) is 12.9. The van der Waals surface area contributed by atoms with Gasteiger partial charge in [-0.3, -0.25) is 9.78 Å². The highest BCUT2D eigenvalue weighted by atomic mass is 32.1. The molecule has 20 heavy (non-hydrogen) atoms. The molecule has 4 nitrogen and oxygen atoms in total. The maximum absolute atomic E-state index is 11.9. The first-order valence-corrected chi connectivity index (χ1v) is 7.26. The lowest BCUT2D eigenvalue weighted by molar-refractivity contribution is -0.134. The quantitative estimate of drug-likeness (QED) is 0.811. The maximum atomic E-state index is 11.9. The predicted octanol–water partition coefficient (Wildman–Crippen LogP) is 2.45. The van der Waals surface area contributed by atoms with E-state index in [2.05, 4.69) is 4.98 Å². The SMILES string of the molecule is O=C(C=Cc1cccs1)N1CC(Oc2cccnc2)C1. The normalized spacial score (nSPS) is 15.3. The van der Waals surface area contributed by atoms with Gasteiger partial charge in [0.15, 0.2) is 0 Å². The molecule has 0 saturated carbocycles. The summed E-state index contributed by atoms with van der Waals surface area (Å²) in [6.07, 6.45) is 6.92. The second kappa shape index (κ2) is 5.88. The molecule has 1 amide bonds. The van der Waals surface area contributed by atoms with Crippen molar-refractivity contribution in [3.8, 4) is 5.75 Å². The topological polar surface area (TPSA) is 42.4 Å². The van der Waals surface area contributed by atoms with Gasteiger partial charge >= 0.3 is 0 Å². The van der Waals surface area contributed by atoms with Crippen molar-refractivity contribution in [2.24, 2.45) is 0 Å². The summed E-state index contributed by atoms with van der Waals surface area (Å²) in [5.74, 6) is 0.781. The van der Waals surface area contributed by atoms with Gasteiger partial charge in [0.05, 0.1) is 19.3 Å². The second-order valence-corrected chi connectivity index (χ2v) is 5.50. The molecule has 2 aromatic heterocycles. The Kier molecular flexibility index (Phi) is 3.78. The van der Waals surface area contributed by atoms with Gasteiger partial charge in [-0.25, -0.2) is 0 Å². The number of hydrogen-bond donors (Lipinski definition) is 0. The fourth-order valence-electron chi connectivity index (χ4n) is 1.95. The third kappa shape index (κ3) is 3.05. The van der Waals surface area contributed by atoms with Crippen LogP contribution in [0.1, 0.15) is 4.88 Å². The molecule has 1 aliphatic rings. The van der Waals surface area contributed by atoms with Crippen LogP contribution in [0.3, 0.4) is 0 Å². The van der Waals surface area contributed by atoms with Crippen LogP contribution in [0, 0.1) is 0 Å². The highest BCUT2D eigenvalue weighted by molar-refractivity contribution is 7.10. The molecule has 1 saturated heterocycles. The summed E-state index contributed by atoms with van der Waals surface area (Å²) < 4.78 is 5.70. The highest BCUT2D eigenvalue weighted by Gasteiger charge is 2.31. The molecule has 0 aromatic carbocycles. The summed E-state index contributed by atoms with van der Waals surface area (Å²) in [5.41, 5.74) is 0. The lowest BCUT2D eigenvalue weighted by atomic mass is 10.1. The van der Waals surface area contributed by atoms with E-state index < -0.39 is 0 Å². The number of hydrogen-bond acceptors (Lipinski definition) is 4. The number of rotatable bonds is 4. The third-order valence-corrected chi connectivity index (χ3v) is 3.87. The number of likely N-dealkylation sites (tertiary alicyclic amines) is 1. The number of pyridine rings is 1. The van der Waals surface area contributed by atoms with Crippen molar-refractivity contribution in [3.05, 3.63) is 53.0 Å². The molecule has 0 N–H and O–H groups in total. The summed E-state index contributed by atoms with van der Waals surface area (Å²) in [7, 11) is 0. The molecule has 1 fully saturated rings. The Morgan fingerprint density at radius 2 is 2.30 bits per heavy atom. The molecular formula is C15H14N2O2S. The summed E-state index contributed by atoms with van der Waals surface area (Å²) in [5, 5.41) is 1.99. The molecule has 0 aliphatic carbocycles. The van der Waals surface area contributed by atoms with E-state index in [1.165, 1.54) is 0 Å². The van der Waals surface area contributed by atoms with Gasteiger partial charge in [-0.15, -0.1) is 11.3 Å². The Bertz CT molecular complexity index is 590. The molecule has 0 bridgehead atoms. The number of amides is 1. The Morgan fingerprint density at radius 3 is 3.00 bits per heavy atom. The van der Waals surface area contributed by atoms with E-state index in [1.54, 1.807) is 34.7 Å². The minimum atomic E-state index is 0.0319. The molecule has 1 aliphatic heterocycles.